The van der Waals surface area contributed by atoms with Crippen molar-refractivity contribution in [1.29, 1.82) is 0 Å². The fraction of sp³-hybridized carbons (Fsp3) is 0.481. The van der Waals surface area contributed by atoms with Gasteiger partial charge < -0.3 is 19.1 Å². The van der Waals surface area contributed by atoms with Crippen molar-refractivity contribution < 1.29 is 14.1 Å². The molecule has 0 aliphatic carbocycles. The first-order chi connectivity index (χ1) is 16.7. The van der Waals surface area contributed by atoms with Crippen molar-refractivity contribution in [3.8, 4) is 22.8 Å². The summed E-state index contributed by atoms with van der Waals surface area (Å²) in [7, 11) is 0. The van der Waals surface area contributed by atoms with Crippen LogP contribution in [0, 0.1) is 6.92 Å². The van der Waals surface area contributed by atoms with Gasteiger partial charge in [-0.15, -0.1) is 0 Å². The second-order valence-corrected chi connectivity index (χ2v) is 10.6. The molecule has 3 aromatic rings. The average Bonchev–Trinajstić information content (AvgIpc) is 3.47. The Morgan fingerprint density at radius 3 is 2.69 bits per heavy atom. The number of carbonyl (C=O) groups is 1. The second kappa shape index (κ2) is 8.98. The average molecular weight is 476 g/mol. The summed E-state index contributed by atoms with van der Waals surface area (Å²) in [6.07, 6.45) is 4.72. The first kappa shape index (κ1) is 23.3. The van der Waals surface area contributed by atoms with E-state index in [1.807, 2.05) is 39.1 Å². The molecule has 8 heteroatoms. The van der Waals surface area contributed by atoms with Gasteiger partial charge in [-0.25, -0.2) is 9.78 Å². The summed E-state index contributed by atoms with van der Waals surface area (Å²) in [5.41, 5.74) is 4.56. The lowest BCUT2D eigenvalue weighted by Crippen LogP contribution is -2.39. The fourth-order valence-corrected chi connectivity index (χ4v) is 4.87. The molecule has 0 N–H and O–H groups in total. The SMILES string of the molecule is Cc1cc(-c2nc(-c3ccc4c(c3)CN(C(=O)OC(C)(C)C)CC4)no2)cnc1N1CCCC1C. The van der Waals surface area contributed by atoms with Gasteiger partial charge >= 0.3 is 6.09 Å². The van der Waals surface area contributed by atoms with Crippen LogP contribution in [0.4, 0.5) is 10.6 Å². The van der Waals surface area contributed by atoms with Crippen LogP contribution in [0.15, 0.2) is 35.0 Å². The minimum absolute atomic E-state index is 0.287. The topological polar surface area (TPSA) is 84.6 Å². The molecular formula is C27H33N5O3. The number of hydrogen-bond acceptors (Lipinski definition) is 7. The van der Waals surface area contributed by atoms with Crippen LogP contribution in [0.25, 0.3) is 22.8 Å². The molecule has 8 nitrogen and oxygen atoms in total. The Morgan fingerprint density at radius 1 is 1.14 bits per heavy atom. The number of pyridine rings is 1. The highest BCUT2D eigenvalue weighted by atomic mass is 16.6. The summed E-state index contributed by atoms with van der Waals surface area (Å²) in [4.78, 5) is 26.0. The van der Waals surface area contributed by atoms with Gasteiger partial charge in [0.1, 0.15) is 11.4 Å². The van der Waals surface area contributed by atoms with E-state index in [4.69, 9.17) is 14.2 Å². The van der Waals surface area contributed by atoms with Crippen LogP contribution in [-0.2, 0) is 17.7 Å². The zero-order valence-electron chi connectivity index (χ0n) is 21.2. The molecular weight excluding hydrogens is 442 g/mol. The summed E-state index contributed by atoms with van der Waals surface area (Å²) in [6, 6.07) is 8.72. The van der Waals surface area contributed by atoms with Gasteiger partial charge in [0.15, 0.2) is 0 Å². The second-order valence-electron chi connectivity index (χ2n) is 10.6. The molecule has 1 fully saturated rings. The molecule has 2 aromatic heterocycles. The maximum Gasteiger partial charge on any atom is 0.410 e. The van der Waals surface area contributed by atoms with Gasteiger partial charge in [0.2, 0.25) is 5.82 Å². The standard InChI is InChI=1S/C27H33N5O3/c1-17-13-21(15-28-24(17)32-11-6-7-18(32)2)25-29-23(30-35-25)20-9-8-19-10-12-31(16-22(19)14-20)26(33)34-27(3,4)5/h8-9,13-15,18H,6-7,10-12,16H2,1-5H3. The number of aromatic nitrogens is 3. The highest BCUT2D eigenvalue weighted by Gasteiger charge is 2.27. The number of rotatable bonds is 3. The van der Waals surface area contributed by atoms with Gasteiger partial charge in [-0.1, -0.05) is 17.3 Å². The third-order valence-corrected chi connectivity index (χ3v) is 6.68. The number of carbonyl (C=O) groups excluding carboxylic acids is 1. The Morgan fingerprint density at radius 2 is 1.97 bits per heavy atom. The summed E-state index contributed by atoms with van der Waals surface area (Å²) >= 11 is 0. The molecule has 35 heavy (non-hydrogen) atoms. The van der Waals surface area contributed by atoms with Crippen molar-refractivity contribution in [2.75, 3.05) is 18.0 Å². The first-order valence-electron chi connectivity index (χ1n) is 12.4. The van der Waals surface area contributed by atoms with Gasteiger partial charge in [-0.05, 0) is 82.7 Å². The normalized spacial score (nSPS) is 18.0. The molecule has 2 aliphatic rings. The Labute approximate surface area is 206 Å². The van der Waals surface area contributed by atoms with Crippen molar-refractivity contribution in [3.63, 3.8) is 0 Å². The summed E-state index contributed by atoms with van der Waals surface area (Å²) in [6.45, 7) is 12.2. The van der Waals surface area contributed by atoms with E-state index in [1.54, 1.807) is 4.90 Å². The molecule has 184 valence electrons. The van der Waals surface area contributed by atoms with Crippen molar-refractivity contribution in [1.82, 2.24) is 20.0 Å². The molecule has 0 spiro atoms. The molecule has 0 bridgehead atoms. The number of hydrogen-bond donors (Lipinski definition) is 0. The van der Waals surface area contributed by atoms with Crippen LogP contribution >= 0.6 is 0 Å². The van der Waals surface area contributed by atoms with Crippen LogP contribution in [-0.4, -0.2) is 50.9 Å². The van der Waals surface area contributed by atoms with E-state index in [1.165, 1.54) is 18.4 Å². The van der Waals surface area contributed by atoms with E-state index in [9.17, 15) is 4.79 Å². The first-order valence-corrected chi connectivity index (χ1v) is 12.4. The number of benzene rings is 1. The molecule has 0 radical (unpaired) electrons. The Balaban J connectivity index is 1.35. The third-order valence-electron chi connectivity index (χ3n) is 6.68. The summed E-state index contributed by atoms with van der Waals surface area (Å²) in [5.74, 6) is 2.00. The number of ether oxygens (including phenoxy) is 1. The van der Waals surface area contributed by atoms with Crippen LogP contribution in [0.5, 0.6) is 0 Å². The Bertz CT molecular complexity index is 1250. The van der Waals surface area contributed by atoms with Crippen LogP contribution in [0.2, 0.25) is 0 Å². The molecule has 1 atom stereocenters. The van der Waals surface area contributed by atoms with E-state index in [2.05, 4.69) is 41.0 Å². The van der Waals surface area contributed by atoms with Crippen molar-refractivity contribution >= 4 is 11.9 Å². The highest BCUT2D eigenvalue weighted by molar-refractivity contribution is 5.69. The Hall–Kier alpha value is -3.42. The number of anilines is 1. The zero-order chi connectivity index (χ0) is 24.7. The maximum absolute atomic E-state index is 12.5. The predicted molar refractivity (Wildman–Crippen MR) is 134 cm³/mol. The minimum Gasteiger partial charge on any atom is -0.444 e. The van der Waals surface area contributed by atoms with Crippen molar-refractivity contribution in [2.45, 2.75) is 72.1 Å². The summed E-state index contributed by atoms with van der Waals surface area (Å²) < 4.78 is 11.2. The molecule has 2 aliphatic heterocycles. The van der Waals surface area contributed by atoms with E-state index in [0.717, 1.165) is 41.0 Å². The molecule has 0 saturated carbocycles. The number of fused-ring (bicyclic) bond motifs is 1. The van der Waals surface area contributed by atoms with Crippen molar-refractivity contribution in [2.24, 2.45) is 0 Å². The van der Waals surface area contributed by atoms with E-state index >= 15 is 0 Å². The van der Waals surface area contributed by atoms with Gasteiger partial charge in [0, 0.05) is 37.4 Å². The maximum atomic E-state index is 12.5. The highest BCUT2D eigenvalue weighted by Crippen LogP contribution is 2.31. The van der Waals surface area contributed by atoms with Gasteiger partial charge in [0.25, 0.3) is 5.89 Å². The lowest BCUT2D eigenvalue weighted by Gasteiger charge is -2.31. The lowest BCUT2D eigenvalue weighted by atomic mass is 9.97. The fourth-order valence-electron chi connectivity index (χ4n) is 4.87. The third kappa shape index (κ3) is 4.88. The number of aryl methyl sites for hydroxylation is 1. The van der Waals surface area contributed by atoms with Crippen LogP contribution < -0.4 is 4.90 Å². The molecule has 4 heterocycles. The molecule has 1 saturated heterocycles. The monoisotopic (exact) mass is 475 g/mol. The lowest BCUT2D eigenvalue weighted by molar-refractivity contribution is 0.0224. The Kier molecular flexibility index (Phi) is 5.99. The van der Waals surface area contributed by atoms with Gasteiger partial charge in [-0.3, -0.25) is 0 Å². The van der Waals surface area contributed by atoms with Gasteiger partial charge in [0.05, 0.1) is 5.56 Å². The van der Waals surface area contributed by atoms with E-state index in [0.29, 0.717) is 30.8 Å². The van der Waals surface area contributed by atoms with Crippen LogP contribution in [0.3, 0.4) is 0 Å². The van der Waals surface area contributed by atoms with Crippen molar-refractivity contribution in [3.05, 3.63) is 47.2 Å². The quantitative estimate of drug-likeness (QED) is 0.502. The molecule has 1 aromatic carbocycles. The van der Waals surface area contributed by atoms with E-state index < -0.39 is 5.60 Å². The summed E-state index contributed by atoms with van der Waals surface area (Å²) in [5, 5.41) is 4.23. The molecule has 1 unspecified atom stereocenters. The zero-order valence-corrected chi connectivity index (χ0v) is 21.2. The number of nitrogens with zero attached hydrogens (tertiary/aromatic N) is 5. The number of amides is 1. The smallest absolute Gasteiger partial charge is 0.410 e. The van der Waals surface area contributed by atoms with E-state index in [-0.39, 0.29) is 6.09 Å². The van der Waals surface area contributed by atoms with Crippen LogP contribution in [0.1, 0.15) is 57.2 Å². The molecule has 5 rings (SSSR count). The molecule has 1 amide bonds. The largest absolute Gasteiger partial charge is 0.444 e. The van der Waals surface area contributed by atoms with Gasteiger partial charge in [-0.2, -0.15) is 4.98 Å². The predicted octanol–water partition coefficient (Wildman–Crippen LogP) is 5.39. The minimum atomic E-state index is -0.515.